The lowest BCUT2D eigenvalue weighted by Crippen LogP contribution is -2.63. The van der Waals surface area contributed by atoms with E-state index in [1.807, 2.05) is 35.1 Å². The van der Waals surface area contributed by atoms with Crippen molar-refractivity contribution >= 4 is 29.5 Å². The molecular weight excluding hydrogens is 382 g/mol. The number of benzene rings is 1. The zero-order valence-electron chi connectivity index (χ0n) is 15.7. The van der Waals surface area contributed by atoms with Gasteiger partial charge in [0.25, 0.3) is 5.91 Å². The Morgan fingerprint density at radius 1 is 1.18 bits per heavy atom. The first-order valence-electron chi connectivity index (χ1n) is 9.18. The number of nitrogens with zero attached hydrogens (tertiary/aromatic N) is 5. The number of halogens is 1. The summed E-state index contributed by atoms with van der Waals surface area (Å²) in [7, 11) is 1.67. The lowest BCUT2D eigenvalue weighted by Gasteiger charge is -2.40. The lowest BCUT2D eigenvalue weighted by molar-refractivity contribution is -0.137. The van der Waals surface area contributed by atoms with E-state index in [-0.39, 0.29) is 25.1 Å². The molecule has 0 radical (unpaired) electrons. The molecule has 4 rings (SSSR count). The van der Waals surface area contributed by atoms with E-state index in [1.54, 1.807) is 19.2 Å². The molecule has 1 fully saturated rings. The van der Waals surface area contributed by atoms with Crippen LogP contribution in [0.1, 0.15) is 18.9 Å². The summed E-state index contributed by atoms with van der Waals surface area (Å²) in [6.07, 6.45) is 1.93. The number of fused-ring (bicyclic) bond motifs is 3. The second kappa shape index (κ2) is 7.10. The van der Waals surface area contributed by atoms with Gasteiger partial charge in [-0.05, 0) is 31.0 Å². The Labute approximate surface area is 168 Å². The molecule has 0 aromatic heterocycles. The summed E-state index contributed by atoms with van der Waals surface area (Å²) in [6, 6.07) is 6.15. The highest BCUT2D eigenvalue weighted by Gasteiger charge is 2.54. The van der Waals surface area contributed by atoms with Crippen LogP contribution in [-0.2, 0) is 11.3 Å². The molecule has 3 heterocycles. The molecule has 3 aliphatic rings. The average molecular weight is 404 g/mol. The molecule has 1 N–H and O–H groups in total. The molecule has 1 aromatic carbocycles. The normalized spacial score (nSPS) is 23.9. The van der Waals surface area contributed by atoms with Crippen molar-refractivity contribution in [3.8, 4) is 0 Å². The highest BCUT2D eigenvalue weighted by molar-refractivity contribution is 6.30. The fourth-order valence-electron chi connectivity index (χ4n) is 3.82. The number of hydrogen-bond acceptors (Lipinski definition) is 6. The molecule has 3 amide bonds. The number of allylic oxidation sites excluding steroid dienone is 1. The van der Waals surface area contributed by atoms with E-state index >= 15 is 0 Å². The molecule has 148 valence electrons. The van der Waals surface area contributed by atoms with Crippen LogP contribution in [-0.4, -0.2) is 75.0 Å². The van der Waals surface area contributed by atoms with Crippen molar-refractivity contribution in [3.05, 3.63) is 46.7 Å². The van der Waals surface area contributed by atoms with E-state index < -0.39 is 12.2 Å². The van der Waals surface area contributed by atoms with Crippen LogP contribution in [0.5, 0.6) is 0 Å². The molecule has 0 saturated carbocycles. The first-order valence-corrected chi connectivity index (χ1v) is 9.55. The molecule has 0 aliphatic carbocycles. The Balaban J connectivity index is 1.60. The number of aliphatic hydroxyl groups excluding tert-OH is 1. The SMILES string of the molecule is CC1=CN2C(=NC3C2C(=O)N(Cc2ccc(Cl)cc2)C(=O)N3C)N1CCCO. The van der Waals surface area contributed by atoms with Gasteiger partial charge < -0.3 is 19.8 Å². The molecule has 0 spiro atoms. The number of hydrogen-bond donors (Lipinski definition) is 1. The third kappa shape index (κ3) is 2.93. The van der Waals surface area contributed by atoms with Gasteiger partial charge in [0.15, 0.2) is 12.2 Å². The quantitative estimate of drug-likeness (QED) is 0.808. The van der Waals surface area contributed by atoms with Crippen LogP contribution in [0.3, 0.4) is 0 Å². The molecule has 2 atom stereocenters. The summed E-state index contributed by atoms with van der Waals surface area (Å²) < 4.78 is 0. The summed E-state index contributed by atoms with van der Waals surface area (Å²) in [5, 5.41) is 9.75. The molecule has 0 bridgehead atoms. The van der Waals surface area contributed by atoms with Gasteiger partial charge in [0.2, 0.25) is 5.96 Å². The van der Waals surface area contributed by atoms with Gasteiger partial charge >= 0.3 is 6.03 Å². The second-order valence-corrected chi connectivity index (χ2v) is 7.57. The van der Waals surface area contributed by atoms with Crippen molar-refractivity contribution in [2.45, 2.75) is 32.1 Å². The smallest absolute Gasteiger partial charge is 0.328 e. The van der Waals surface area contributed by atoms with E-state index in [9.17, 15) is 9.59 Å². The summed E-state index contributed by atoms with van der Waals surface area (Å²) in [4.78, 5) is 37.4. The third-order valence-corrected chi connectivity index (χ3v) is 5.55. The van der Waals surface area contributed by atoms with Gasteiger partial charge in [-0.3, -0.25) is 9.69 Å². The third-order valence-electron chi connectivity index (χ3n) is 5.30. The van der Waals surface area contributed by atoms with Crippen molar-refractivity contribution < 1.29 is 14.7 Å². The van der Waals surface area contributed by atoms with E-state index in [0.29, 0.717) is 23.9 Å². The molecule has 28 heavy (non-hydrogen) atoms. The maximum atomic E-state index is 13.3. The zero-order valence-corrected chi connectivity index (χ0v) is 16.5. The van der Waals surface area contributed by atoms with Gasteiger partial charge in [0.1, 0.15) is 0 Å². The van der Waals surface area contributed by atoms with Crippen LogP contribution in [0.2, 0.25) is 5.02 Å². The highest BCUT2D eigenvalue weighted by atomic mass is 35.5. The molecule has 1 saturated heterocycles. The van der Waals surface area contributed by atoms with E-state index in [1.165, 1.54) is 9.80 Å². The Hall–Kier alpha value is -2.58. The number of carbonyl (C=O) groups excluding carboxylic acids is 2. The number of rotatable bonds is 5. The number of imide groups is 1. The van der Waals surface area contributed by atoms with Gasteiger partial charge in [-0.15, -0.1) is 0 Å². The van der Waals surface area contributed by atoms with Crippen LogP contribution in [0.15, 0.2) is 41.2 Å². The Morgan fingerprint density at radius 3 is 2.57 bits per heavy atom. The highest BCUT2D eigenvalue weighted by Crippen LogP contribution is 2.34. The summed E-state index contributed by atoms with van der Waals surface area (Å²) >= 11 is 5.93. The topological polar surface area (TPSA) is 79.7 Å². The minimum atomic E-state index is -0.584. The summed E-state index contributed by atoms with van der Waals surface area (Å²) in [6.45, 7) is 2.81. The predicted molar refractivity (Wildman–Crippen MR) is 104 cm³/mol. The molecule has 9 heteroatoms. The fraction of sp³-hybridized carbons (Fsp3) is 0.421. The Morgan fingerprint density at radius 2 is 1.89 bits per heavy atom. The number of carbonyl (C=O) groups is 2. The fourth-order valence-corrected chi connectivity index (χ4v) is 3.95. The van der Waals surface area contributed by atoms with E-state index in [0.717, 1.165) is 11.3 Å². The molecule has 1 aromatic rings. The number of urea groups is 1. The molecule has 3 aliphatic heterocycles. The average Bonchev–Trinajstić information content (AvgIpc) is 3.18. The van der Waals surface area contributed by atoms with Gasteiger partial charge in [-0.25, -0.2) is 9.79 Å². The molecule has 8 nitrogen and oxygen atoms in total. The monoisotopic (exact) mass is 403 g/mol. The largest absolute Gasteiger partial charge is 0.396 e. The zero-order chi connectivity index (χ0) is 20.0. The van der Waals surface area contributed by atoms with Crippen LogP contribution in [0, 0.1) is 0 Å². The van der Waals surface area contributed by atoms with Crippen molar-refractivity contribution in [2.24, 2.45) is 4.99 Å². The molecular formula is C19H22ClN5O3. The lowest BCUT2D eigenvalue weighted by atomic mass is 10.1. The Bertz CT molecular complexity index is 869. The summed E-state index contributed by atoms with van der Waals surface area (Å²) in [5.74, 6) is 0.386. The van der Waals surface area contributed by atoms with Crippen LogP contribution in [0.4, 0.5) is 4.79 Å². The predicted octanol–water partition coefficient (Wildman–Crippen LogP) is 1.66. The molecule has 2 unspecified atom stereocenters. The standard InChI is InChI=1S/C19H22ClN5O3/c1-12-10-24-15-16(21-18(24)23(12)8-3-9-26)22(2)19(28)25(17(15)27)11-13-4-6-14(20)7-5-13/h4-7,10,15-16,26H,3,8-9,11H2,1-2H3. The van der Waals surface area contributed by atoms with Crippen LogP contribution < -0.4 is 0 Å². The first kappa shape index (κ1) is 18.8. The maximum Gasteiger partial charge on any atom is 0.328 e. The van der Waals surface area contributed by atoms with Crippen molar-refractivity contribution in [1.82, 2.24) is 19.6 Å². The maximum absolute atomic E-state index is 13.3. The Kier molecular flexibility index (Phi) is 4.76. The van der Waals surface area contributed by atoms with Gasteiger partial charge in [0.05, 0.1) is 6.54 Å². The van der Waals surface area contributed by atoms with Gasteiger partial charge in [-0.1, -0.05) is 23.7 Å². The number of guanidine groups is 1. The number of aliphatic imine (C=N–C) groups is 1. The second-order valence-electron chi connectivity index (χ2n) is 7.14. The van der Waals surface area contributed by atoms with Crippen LogP contribution >= 0.6 is 11.6 Å². The minimum Gasteiger partial charge on any atom is -0.396 e. The summed E-state index contributed by atoms with van der Waals surface area (Å²) in [5.41, 5.74) is 1.79. The van der Waals surface area contributed by atoms with Crippen molar-refractivity contribution in [3.63, 3.8) is 0 Å². The first-order chi connectivity index (χ1) is 13.4. The number of aliphatic hydroxyl groups is 1. The van der Waals surface area contributed by atoms with Crippen molar-refractivity contribution in [2.75, 3.05) is 20.2 Å². The van der Waals surface area contributed by atoms with Crippen molar-refractivity contribution in [1.29, 1.82) is 0 Å². The van der Waals surface area contributed by atoms with E-state index in [2.05, 4.69) is 4.99 Å². The van der Waals surface area contributed by atoms with Gasteiger partial charge in [0, 0.05) is 37.1 Å². The van der Waals surface area contributed by atoms with E-state index in [4.69, 9.17) is 16.7 Å². The number of likely N-dealkylation sites (N-methyl/N-ethyl adjacent to an activating group) is 1. The van der Waals surface area contributed by atoms with Gasteiger partial charge in [-0.2, -0.15) is 0 Å². The minimum absolute atomic E-state index is 0.0795. The number of amides is 3. The van der Waals surface area contributed by atoms with Crippen LogP contribution in [0.25, 0.3) is 0 Å².